The molecule has 7 aromatic rings. The van der Waals surface area contributed by atoms with Gasteiger partial charge in [-0.2, -0.15) is 9.78 Å². The van der Waals surface area contributed by atoms with Crippen LogP contribution in [0.3, 0.4) is 0 Å². The van der Waals surface area contributed by atoms with Crippen molar-refractivity contribution in [2.24, 2.45) is 5.10 Å². The maximum atomic E-state index is 13.9. The van der Waals surface area contributed by atoms with E-state index in [1.54, 1.807) is 31.5 Å². The standard InChI is InChI=1S/C35H24ClN3O4/c1-41-30-11-6-12-32-27(30)19-33(43-32)34-38-29-10-5-4-9-26(29)35(40)39(34)37-20-28-25-8-3-2-7-23(25)15-18-31(28)42-21-22-13-16-24(36)17-14-22/h2-20H,21H2,1H3. The smallest absolute Gasteiger partial charge is 0.282 e. The van der Waals surface area contributed by atoms with E-state index in [9.17, 15) is 4.79 Å². The maximum absolute atomic E-state index is 13.9. The highest BCUT2D eigenvalue weighted by molar-refractivity contribution is 6.30. The van der Waals surface area contributed by atoms with Crippen molar-refractivity contribution in [2.75, 3.05) is 7.11 Å². The van der Waals surface area contributed by atoms with Gasteiger partial charge in [-0.15, -0.1) is 0 Å². The van der Waals surface area contributed by atoms with E-state index in [1.165, 1.54) is 4.68 Å². The number of benzene rings is 5. The summed E-state index contributed by atoms with van der Waals surface area (Å²) in [7, 11) is 1.60. The van der Waals surface area contributed by atoms with Crippen LogP contribution in [0, 0.1) is 0 Å². The lowest BCUT2D eigenvalue weighted by Crippen LogP contribution is -2.20. The highest BCUT2D eigenvalue weighted by Gasteiger charge is 2.18. The first-order chi connectivity index (χ1) is 21.1. The zero-order valence-electron chi connectivity index (χ0n) is 23.0. The van der Waals surface area contributed by atoms with Crippen LogP contribution in [-0.2, 0) is 6.61 Å². The van der Waals surface area contributed by atoms with E-state index in [4.69, 9.17) is 35.6 Å². The van der Waals surface area contributed by atoms with Gasteiger partial charge in [0.15, 0.2) is 5.76 Å². The number of hydrogen-bond acceptors (Lipinski definition) is 6. The summed E-state index contributed by atoms with van der Waals surface area (Å²) in [5.41, 5.74) is 2.52. The zero-order valence-corrected chi connectivity index (χ0v) is 23.8. The van der Waals surface area contributed by atoms with Crippen molar-refractivity contribution < 1.29 is 13.9 Å². The van der Waals surface area contributed by atoms with Gasteiger partial charge in [-0.3, -0.25) is 4.79 Å². The number of aromatic nitrogens is 2. The van der Waals surface area contributed by atoms with Crippen molar-refractivity contribution in [2.45, 2.75) is 6.61 Å². The lowest BCUT2D eigenvalue weighted by Gasteiger charge is -2.12. The lowest BCUT2D eigenvalue weighted by molar-refractivity contribution is 0.306. The molecule has 0 aliphatic carbocycles. The molecule has 2 heterocycles. The molecular weight excluding hydrogens is 562 g/mol. The van der Waals surface area contributed by atoms with Gasteiger partial charge in [0, 0.05) is 10.6 Å². The van der Waals surface area contributed by atoms with Gasteiger partial charge in [0.1, 0.15) is 23.7 Å². The Morgan fingerprint density at radius 2 is 1.65 bits per heavy atom. The van der Waals surface area contributed by atoms with Crippen molar-refractivity contribution >= 4 is 50.5 Å². The molecule has 0 aliphatic rings. The molecule has 0 atom stereocenters. The highest BCUT2D eigenvalue weighted by atomic mass is 35.5. The monoisotopic (exact) mass is 585 g/mol. The third-order valence-electron chi connectivity index (χ3n) is 7.26. The van der Waals surface area contributed by atoms with Gasteiger partial charge < -0.3 is 13.9 Å². The summed E-state index contributed by atoms with van der Waals surface area (Å²) in [4.78, 5) is 18.7. The van der Waals surface area contributed by atoms with Gasteiger partial charge in [-0.1, -0.05) is 72.3 Å². The molecule has 0 bridgehead atoms. The van der Waals surface area contributed by atoms with Crippen LogP contribution in [0.4, 0.5) is 0 Å². The minimum atomic E-state index is -0.326. The van der Waals surface area contributed by atoms with Crippen LogP contribution in [0.25, 0.3) is 44.2 Å². The van der Waals surface area contributed by atoms with Crippen LogP contribution in [0.1, 0.15) is 11.1 Å². The molecule has 7 rings (SSSR count). The average molecular weight is 586 g/mol. The van der Waals surface area contributed by atoms with Crippen LogP contribution < -0.4 is 15.0 Å². The van der Waals surface area contributed by atoms with E-state index in [1.807, 2.05) is 91.0 Å². The molecule has 7 nitrogen and oxygen atoms in total. The zero-order chi connectivity index (χ0) is 29.3. The van der Waals surface area contributed by atoms with Gasteiger partial charge in [-0.05, 0) is 64.9 Å². The molecule has 8 heteroatoms. The second-order valence-electron chi connectivity index (χ2n) is 9.91. The molecule has 2 aromatic heterocycles. The van der Waals surface area contributed by atoms with Crippen LogP contribution in [0.5, 0.6) is 11.5 Å². The van der Waals surface area contributed by atoms with Crippen LogP contribution >= 0.6 is 11.6 Å². The molecule has 43 heavy (non-hydrogen) atoms. The number of furan rings is 1. The maximum Gasteiger partial charge on any atom is 0.282 e. The largest absolute Gasteiger partial charge is 0.496 e. The molecule has 0 aliphatic heterocycles. The Hall–Kier alpha value is -5.40. The van der Waals surface area contributed by atoms with E-state index in [-0.39, 0.29) is 11.4 Å². The molecule has 5 aromatic carbocycles. The predicted octanol–water partition coefficient (Wildman–Crippen LogP) is 8.09. The number of ether oxygens (including phenoxy) is 2. The Labute approximate surface area is 251 Å². The number of rotatable bonds is 7. The number of fused-ring (bicyclic) bond motifs is 3. The van der Waals surface area contributed by atoms with Gasteiger partial charge >= 0.3 is 0 Å². The summed E-state index contributed by atoms with van der Waals surface area (Å²) < 4.78 is 19.2. The molecule has 0 amide bonds. The average Bonchev–Trinajstić information content (AvgIpc) is 3.49. The van der Waals surface area contributed by atoms with E-state index in [2.05, 4.69) is 0 Å². The quantitative estimate of drug-likeness (QED) is 0.177. The topological polar surface area (TPSA) is 78.9 Å². The summed E-state index contributed by atoms with van der Waals surface area (Å²) in [6.45, 7) is 0.333. The summed E-state index contributed by atoms with van der Waals surface area (Å²) >= 11 is 6.06. The fraction of sp³-hybridized carbons (Fsp3) is 0.0571. The Morgan fingerprint density at radius 1 is 0.860 bits per heavy atom. The van der Waals surface area contributed by atoms with Gasteiger partial charge in [0.05, 0.1) is 29.6 Å². The first kappa shape index (κ1) is 26.5. The molecule has 0 spiro atoms. The third kappa shape index (κ3) is 5.00. The van der Waals surface area contributed by atoms with Gasteiger partial charge in [0.25, 0.3) is 5.56 Å². The normalized spacial score (nSPS) is 11.6. The second kappa shape index (κ2) is 11.1. The van der Waals surface area contributed by atoms with Crippen molar-refractivity contribution in [1.82, 2.24) is 9.66 Å². The van der Waals surface area contributed by atoms with Crippen molar-refractivity contribution in [3.8, 4) is 23.1 Å². The summed E-state index contributed by atoms with van der Waals surface area (Å²) in [6.07, 6.45) is 1.64. The Balaban J connectivity index is 1.38. The van der Waals surface area contributed by atoms with E-state index in [0.717, 1.165) is 27.3 Å². The van der Waals surface area contributed by atoms with Gasteiger partial charge in [0.2, 0.25) is 5.82 Å². The molecule has 0 N–H and O–H groups in total. The minimum Gasteiger partial charge on any atom is -0.496 e. The molecule has 0 saturated carbocycles. The Kier molecular flexibility index (Phi) is 6.85. The summed E-state index contributed by atoms with van der Waals surface area (Å²) in [5, 5.41) is 8.53. The molecule has 0 unspecified atom stereocenters. The molecule has 0 saturated heterocycles. The predicted molar refractivity (Wildman–Crippen MR) is 170 cm³/mol. The number of nitrogens with zero attached hydrogens (tertiary/aromatic N) is 3. The molecule has 0 fully saturated rings. The minimum absolute atomic E-state index is 0.266. The molecular formula is C35H24ClN3O4. The van der Waals surface area contributed by atoms with Crippen LogP contribution in [-0.4, -0.2) is 23.0 Å². The highest BCUT2D eigenvalue weighted by Crippen LogP contribution is 2.33. The lowest BCUT2D eigenvalue weighted by atomic mass is 10.0. The molecule has 210 valence electrons. The second-order valence-corrected chi connectivity index (χ2v) is 10.3. The fourth-order valence-corrected chi connectivity index (χ4v) is 5.23. The first-order valence-corrected chi connectivity index (χ1v) is 14.0. The number of hydrogen-bond donors (Lipinski definition) is 0. The summed E-state index contributed by atoms with van der Waals surface area (Å²) in [6, 6.07) is 33.9. The SMILES string of the molecule is COc1cccc2oc(-c3nc4ccccc4c(=O)n3N=Cc3c(OCc4ccc(Cl)cc4)ccc4ccccc34)cc12. The van der Waals surface area contributed by atoms with Crippen LogP contribution in [0.2, 0.25) is 5.02 Å². The third-order valence-corrected chi connectivity index (χ3v) is 7.51. The Morgan fingerprint density at radius 3 is 2.49 bits per heavy atom. The van der Waals surface area contributed by atoms with Crippen molar-refractivity contribution in [1.29, 1.82) is 0 Å². The fourth-order valence-electron chi connectivity index (χ4n) is 5.10. The van der Waals surface area contributed by atoms with Gasteiger partial charge in [-0.25, -0.2) is 4.98 Å². The van der Waals surface area contributed by atoms with E-state index in [0.29, 0.717) is 45.4 Å². The van der Waals surface area contributed by atoms with Crippen molar-refractivity contribution in [3.63, 3.8) is 0 Å². The van der Waals surface area contributed by atoms with E-state index >= 15 is 0 Å². The molecule has 0 radical (unpaired) electrons. The number of para-hydroxylation sites is 1. The number of methoxy groups -OCH3 is 1. The first-order valence-electron chi connectivity index (χ1n) is 13.6. The van der Waals surface area contributed by atoms with Crippen molar-refractivity contribution in [3.05, 3.63) is 136 Å². The Bertz CT molecular complexity index is 2220. The number of halogens is 1. The van der Waals surface area contributed by atoms with Crippen LogP contribution in [0.15, 0.2) is 124 Å². The van der Waals surface area contributed by atoms with E-state index < -0.39 is 0 Å². The summed E-state index contributed by atoms with van der Waals surface area (Å²) in [5.74, 6) is 1.93.